The number of carbonyl (C=O) groups excluding carboxylic acids is 1. The molecule has 6 nitrogen and oxygen atoms in total. The topological polar surface area (TPSA) is 75.6 Å². The van der Waals surface area contributed by atoms with Crippen molar-refractivity contribution in [3.05, 3.63) is 34.8 Å². The maximum Gasteiger partial charge on any atom is 0.232 e. The summed E-state index contributed by atoms with van der Waals surface area (Å²) in [4.78, 5) is 12.8. The molecule has 0 aliphatic rings. The van der Waals surface area contributed by atoms with Crippen LogP contribution < -0.4 is 5.32 Å². The lowest BCUT2D eigenvalue weighted by atomic mass is 9.98. The smallest absolute Gasteiger partial charge is 0.232 e. The van der Waals surface area contributed by atoms with Gasteiger partial charge in [-0.25, -0.2) is 0 Å². The molecule has 24 heavy (non-hydrogen) atoms. The Morgan fingerprint density at radius 3 is 2.46 bits per heavy atom. The van der Waals surface area contributed by atoms with Gasteiger partial charge in [-0.3, -0.25) is 9.48 Å². The van der Waals surface area contributed by atoms with E-state index in [0.29, 0.717) is 11.4 Å². The number of nitrogens with zero attached hydrogens (tertiary/aromatic N) is 4. The molecule has 2 heterocycles. The third kappa shape index (κ3) is 3.21. The summed E-state index contributed by atoms with van der Waals surface area (Å²) in [5, 5.41) is 16.5. The predicted octanol–water partition coefficient (Wildman–Crippen LogP) is 3.21. The molecule has 6 heteroatoms. The number of carbonyl (C=O) groups is 1. The number of nitrogens with one attached hydrogen (secondary N) is 1. The van der Waals surface area contributed by atoms with Gasteiger partial charge in [-0.1, -0.05) is 0 Å². The fraction of sp³-hybridized carbons (Fsp3) is 0.500. The van der Waals surface area contributed by atoms with Crippen LogP contribution in [0.5, 0.6) is 0 Å². The molecule has 0 aromatic carbocycles. The zero-order chi connectivity index (χ0) is 18.2. The Balaban J connectivity index is 2.33. The lowest BCUT2D eigenvalue weighted by molar-refractivity contribution is -0.117. The van der Waals surface area contributed by atoms with Crippen LogP contribution in [-0.2, 0) is 17.4 Å². The molecule has 0 fully saturated rings. The number of rotatable bonds is 3. The molecule has 0 radical (unpaired) electrons. The highest BCUT2D eigenvalue weighted by molar-refractivity contribution is 5.95. The van der Waals surface area contributed by atoms with Crippen LogP contribution in [0.2, 0.25) is 0 Å². The van der Waals surface area contributed by atoms with Crippen molar-refractivity contribution in [2.75, 3.05) is 5.32 Å². The molecule has 0 saturated heterocycles. The Hall–Kier alpha value is -2.55. The molecule has 128 valence electrons. The second-order valence-corrected chi connectivity index (χ2v) is 7.19. The van der Waals surface area contributed by atoms with Crippen LogP contribution in [0.3, 0.4) is 0 Å². The van der Waals surface area contributed by atoms with E-state index in [9.17, 15) is 4.79 Å². The quantitative estimate of drug-likeness (QED) is 0.940. The molecule has 1 unspecified atom stereocenters. The van der Waals surface area contributed by atoms with Crippen LogP contribution in [0.25, 0.3) is 0 Å². The molecule has 2 rings (SSSR count). The number of hydrogen-bond donors (Lipinski definition) is 1. The van der Waals surface area contributed by atoms with Crippen LogP contribution in [0.1, 0.15) is 56.1 Å². The average molecular weight is 327 g/mol. The van der Waals surface area contributed by atoms with E-state index in [0.717, 1.165) is 17.0 Å². The number of anilines is 1. The Morgan fingerprint density at radius 1 is 1.38 bits per heavy atom. The molecule has 1 N–H and O–H groups in total. The van der Waals surface area contributed by atoms with Crippen molar-refractivity contribution in [2.45, 2.75) is 53.0 Å². The van der Waals surface area contributed by atoms with Gasteiger partial charge in [-0.15, -0.1) is 0 Å². The number of hydrogen-bond acceptors (Lipinski definition) is 3. The standard InChI is InChI=1S/C18H25N5O/c1-11(16-12(2)21-22(7)13(16)3)17(24)20-15-8-14(9-19)10-23(15)18(4,5)6/h8,10-11H,1-7H3,(H,20,24). The molecule has 0 bridgehead atoms. The Morgan fingerprint density at radius 2 is 2.00 bits per heavy atom. The van der Waals surface area contributed by atoms with Gasteiger partial charge in [0.05, 0.1) is 17.2 Å². The summed E-state index contributed by atoms with van der Waals surface area (Å²) in [6.45, 7) is 11.8. The molecular weight excluding hydrogens is 302 g/mol. The van der Waals surface area contributed by atoms with E-state index >= 15 is 0 Å². The molecule has 1 atom stereocenters. The fourth-order valence-electron chi connectivity index (χ4n) is 2.96. The average Bonchev–Trinajstić information content (AvgIpc) is 2.99. The van der Waals surface area contributed by atoms with E-state index in [1.165, 1.54) is 0 Å². The summed E-state index contributed by atoms with van der Waals surface area (Å²) in [5.74, 6) is 0.199. The summed E-state index contributed by atoms with van der Waals surface area (Å²) in [5.41, 5.74) is 3.09. The Bertz CT molecular complexity index is 814. The van der Waals surface area contributed by atoms with Crippen LogP contribution in [0, 0.1) is 25.2 Å². The van der Waals surface area contributed by atoms with Crippen LogP contribution in [0.4, 0.5) is 5.82 Å². The minimum Gasteiger partial charge on any atom is -0.328 e. The van der Waals surface area contributed by atoms with Gasteiger partial charge in [0.25, 0.3) is 0 Å². The van der Waals surface area contributed by atoms with E-state index < -0.39 is 0 Å². The SMILES string of the molecule is Cc1nn(C)c(C)c1C(C)C(=O)Nc1cc(C#N)cn1C(C)(C)C. The number of amides is 1. The second kappa shape index (κ2) is 6.16. The van der Waals surface area contributed by atoms with Gasteiger partial charge < -0.3 is 9.88 Å². The lowest BCUT2D eigenvalue weighted by Gasteiger charge is -2.25. The third-order valence-electron chi connectivity index (χ3n) is 4.31. The summed E-state index contributed by atoms with van der Waals surface area (Å²) < 4.78 is 3.71. The minimum atomic E-state index is -0.326. The Kier molecular flexibility index (Phi) is 4.57. The first-order chi connectivity index (χ1) is 11.1. The monoisotopic (exact) mass is 327 g/mol. The van der Waals surface area contributed by atoms with E-state index in [2.05, 4.69) is 16.5 Å². The van der Waals surface area contributed by atoms with Crippen molar-refractivity contribution in [1.29, 1.82) is 5.26 Å². The first-order valence-electron chi connectivity index (χ1n) is 8.00. The molecular formula is C18H25N5O. The number of nitriles is 1. The molecule has 0 spiro atoms. The fourth-order valence-corrected chi connectivity index (χ4v) is 2.96. The predicted molar refractivity (Wildman–Crippen MR) is 93.9 cm³/mol. The zero-order valence-electron chi connectivity index (χ0n) is 15.4. The second-order valence-electron chi connectivity index (χ2n) is 7.19. The van der Waals surface area contributed by atoms with Gasteiger partial charge in [0.1, 0.15) is 11.9 Å². The summed E-state index contributed by atoms with van der Waals surface area (Å²) in [6.07, 6.45) is 1.76. The van der Waals surface area contributed by atoms with Crippen LogP contribution in [0.15, 0.2) is 12.3 Å². The molecule has 2 aromatic heterocycles. The molecule has 2 aromatic rings. The van der Waals surface area contributed by atoms with Gasteiger partial charge >= 0.3 is 0 Å². The first kappa shape index (κ1) is 17.8. The van der Waals surface area contributed by atoms with Gasteiger partial charge in [0.15, 0.2) is 0 Å². The van der Waals surface area contributed by atoms with E-state index in [1.54, 1.807) is 16.9 Å². The van der Waals surface area contributed by atoms with Crippen LogP contribution in [-0.4, -0.2) is 20.3 Å². The van der Waals surface area contributed by atoms with E-state index in [4.69, 9.17) is 5.26 Å². The molecule has 0 aliphatic heterocycles. The van der Waals surface area contributed by atoms with Crippen molar-refractivity contribution < 1.29 is 4.79 Å². The molecule has 1 amide bonds. The third-order valence-corrected chi connectivity index (χ3v) is 4.31. The summed E-state index contributed by atoms with van der Waals surface area (Å²) >= 11 is 0. The number of aromatic nitrogens is 3. The highest BCUT2D eigenvalue weighted by Gasteiger charge is 2.25. The van der Waals surface area contributed by atoms with E-state index in [-0.39, 0.29) is 17.4 Å². The molecule has 0 saturated carbocycles. The van der Waals surface area contributed by atoms with Crippen molar-refractivity contribution >= 4 is 11.7 Å². The zero-order valence-corrected chi connectivity index (χ0v) is 15.4. The highest BCUT2D eigenvalue weighted by Crippen LogP contribution is 2.27. The minimum absolute atomic E-state index is 0.109. The number of aryl methyl sites for hydroxylation is 2. The maximum absolute atomic E-state index is 12.8. The first-order valence-corrected chi connectivity index (χ1v) is 8.00. The lowest BCUT2D eigenvalue weighted by Crippen LogP contribution is -2.27. The van der Waals surface area contributed by atoms with E-state index in [1.807, 2.05) is 53.2 Å². The van der Waals surface area contributed by atoms with Crippen molar-refractivity contribution in [3.8, 4) is 6.07 Å². The summed E-state index contributed by atoms with van der Waals surface area (Å²) in [6, 6.07) is 3.84. The maximum atomic E-state index is 12.8. The van der Waals surface area contributed by atoms with Crippen LogP contribution >= 0.6 is 0 Å². The van der Waals surface area contributed by atoms with Gasteiger partial charge in [0, 0.05) is 30.0 Å². The molecule has 0 aliphatic carbocycles. The van der Waals surface area contributed by atoms with Gasteiger partial charge in [0.2, 0.25) is 5.91 Å². The van der Waals surface area contributed by atoms with Crippen molar-refractivity contribution in [3.63, 3.8) is 0 Å². The van der Waals surface area contributed by atoms with Gasteiger partial charge in [-0.2, -0.15) is 10.4 Å². The van der Waals surface area contributed by atoms with Crippen molar-refractivity contribution in [1.82, 2.24) is 14.3 Å². The summed E-state index contributed by atoms with van der Waals surface area (Å²) in [7, 11) is 1.88. The van der Waals surface area contributed by atoms with Crippen molar-refractivity contribution in [2.24, 2.45) is 7.05 Å². The highest BCUT2D eigenvalue weighted by atomic mass is 16.2. The Labute approximate surface area is 143 Å². The van der Waals surface area contributed by atoms with Gasteiger partial charge in [-0.05, 0) is 47.6 Å². The normalized spacial score (nSPS) is 12.8. The largest absolute Gasteiger partial charge is 0.328 e.